The summed E-state index contributed by atoms with van der Waals surface area (Å²) in [5.74, 6) is -3.80. The largest absolute Gasteiger partial charge is 0.496 e. The molecule has 0 aromatic heterocycles. The monoisotopic (exact) mass is 743 g/mol. The third-order valence-corrected chi connectivity index (χ3v) is 9.66. The number of nitrogens with zero attached hydrogens (tertiary/aromatic N) is 3. The van der Waals surface area contributed by atoms with Gasteiger partial charge < -0.3 is 27.6 Å². The van der Waals surface area contributed by atoms with E-state index in [4.69, 9.17) is 43.0 Å². The molecular weight excluding hydrogens is 705 g/mol. The van der Waals surface area contributed by atoms with Crippen LogP contribution in [0.5, 0.6) is 5.75 Å². The number of methoxy groups -OCH3 is 1. The lowest BCUT2D eigenvalue weighted by atomic mass is 9.96. The molecule has 2 heterocycles. The summed E-state index contributed by atoms with van der Waals surface area (Å²) < 4.78 is 64.9. The van der Waals surface area contributed by atoms with Crippen LogP contribution in [-0.4, -0.2) is 122 Å². The normalized spacial score (nSPS) is 17.4. The minimum Gasteiger partial charge on any atom is -0.496 e. The van der Waals surface area contributed by atoms with Gasteiger partial charge in [0.2, 0.25) is 5.91 Å². The van der Waals surface area contributed by atoms with Crippen LogP contribution in [0.15, 0.2) is 6.08 Å². The van der Waals surface area contributed by atoms with Gasteiger partial charge in [-0.15, -0.1) is 0 Å². The quantitative estimate of drug-likeness (QED) is 0.206. The standard InChI is InChI=1S/C27H39Cl2N5O11S2/c1-4-32-8-5-18(6-9-32)33-10-12-34(13-11-33)21(35)16-43-14-7-19-24(28)17(2)25(29)23(26(19)42-3)20(27(37)45-47(31,40)41)15-22(36)44-46(30,38)39/h15,18H,4-14,16H2,1-3H3,(H2,30,38,39)(H2,31,40,41)/b20-15+. The number of rotatable bonds is 13. The molecule has 0 aliphatic carbocycles. The molecule has 0 saturated carbocycles. The van der Waals surface area contributed by atoms with Crippen molar-refractivity contribution in [3.8, 4) is 5.75 Å². The number of halogens is 2. The van der Waals surface area contributed by atoms with Crippen LogP contribution in [-0.2, 0) is 54.5 Å². The van der Waals surface area contributed by atoms with E-state index in [0.29, 0.717) is 25.2 Å². The van der Waals surface area contributed by atoms with Gasteiger partial charge in [0.05, 0.1) is 34.9 Å². The fourth-order valence-corrected chi connectivity index (χ4v) is 6.73. The van der Waals surface area contributed by atoms with Crippen molar-refractivity contribution in [1.29, 1.82) is 0 Å². The number of piperidine rings is 1. The van der Waals surface area contributed by atoms with Crippen LogP contribution < -0.4 is 15.0 Å². The third-order valence-electron chi connectivity index (χ3n) is 7.90. The van der Waals surface area contributed by atoms with Crippen LogP contribution in [0, 0.1) is 6.92 Å². The average Bonchev–Trinajstić information content (AvgIpc) is 3.00. The van der Waals surface area contributed by atoms with Crippen molar-refractivity contribution in [3.05, 3.63) is 32.8 Å². The van der Waals surface area contributed by atoms with Crippen molar-refractivity contribution in [2.24, 2.45) is 10.3 Å². The van der Waals surface area contributed by atoms with Gasteiger partial charge in [-0.3, -0.25) is 9.69 Å². The number of hydrogen-bond donors (Lipinski definition) is 2. The maximum atomic E-state index is 12.9. The second-order valence-electron chi connectivity index (χ2n) is 10.8. The zero-order valence-corrected chi connectivity index (χ0v) is 29.3. The molecule has 2 saturated heterocycles. The molecule has 0 spiro atoms. The van der Waals surface area contributed by atoms with Gasteiger partial charge in [0.1, 0.15) is 12.4 Å². The summed E-state index contributed by atoms with van der Waals surface area (Å²) >= 11 is 13.0. The Bertz CT molecular complexity index is 1590. The Morgan fingerprint density at radius 2 is 1.53 bits per heavy atom. The first kappa shape index (κ1) is 38.9. The minimum absolute atomic E-state index is 0.00364. The molecule has 0 bridgehead atoms. The highest BCUT2D eigenvalue weighted by molar-refractivity contribution is 7.85. The van der Waals surface area contributed by atoms with E-state index in [1.54, 1.807) is 4.90 Å². The molecule has 0 radical (unpaired) electrons. The van der Waals surface area contributed by atoms with Crippen LogP contribution in [0.3, 0.4) is 0 Å². The summed E-state index contributed by atoms with van der Waals surface area (Å²) in [6.45, 7) is 9.35. The highest BCUT2D eigenvalue weighted by Gasteiger charge is 2.31. The van der Waals surface area contributed by atoms with Gasteiger partial charge >= 0.3 is 32.5 Å². The molecule has 3 rings (SSSR count). The lowest BCUT2D eigenvalue weighted by Crippen LogP contribution is -2.54. The van der Waals surface area contributed by atoms with E-state index in [9.17, 15) is 31.2 Å². The summed E-state index contributed by atoms with van der Waals surface area (Å²) in [6.07, 6.45) is 2.53. The van der Waals surface area contributed by atoms with Crippen molar-refractivity contribution >= 4 is 67.2 Å². The van der Waals surface area contributed by atoms with Gasteiger partial charge in [0.15, 0.2) is 0 Å². The Hall–Kier alpha value is -2.55. The molecule has 1 amide bonds. The lowest BCUT2D eigenvalue weighted by molar-refractivity contribution is -0.138. The number of carbonyl (C=O) groups is 3. The van der Waals surface area contributed by atoms with E-state index in [1.165, 1.54) is 14.0 Å². The van der Waals surface area contributed by atoms with Crippen molar-refractivity contribution in [1.82, 2.24) is 14.7 Å². The number of amides is 1. The van der Waals surface area contributed by atoms with E-state index < -0.39 is 38.1 Å². The maximum Gasteiger partial charge on any atom is 0.382 e. The Kier molecular flexibility index (Phi) is 13.8. The van der Waals surface area contributed by atoms with Gasteiger partial charge in [-0.2, -0.15) is 27.1 Å². The second kappa shape index (κ2) is 16.7. The molecule has 47 heavy (non-hydrogen) atoms. The molecule has 2 aliphatic heterocycles. The van der Waals surface area contributed by atoms with E-state index in [1.807, 2.05) is 0 Å². The van der Waals surface area contributed by atoms with Crippen LogP contribution in [0.25, 0.3) is 5.57 Å². The van der Waals surface area contributed by atoms with Crippen molar-refractivity contribution < 1.29 is 49.1 Å². The van der Waals surface area contributed by atoms with Crippen LogP contribution in [0.2, 0.25) is 10.0 Å². The molecule has 2 fully saturated rings. The highest BCUT2D eigenvalue weighted by atomic mass is 35.5. The summed E-state index contributed by atoms with van der Waals surface area (Å²) in [5.41, 5.74) is -0.917. The smallest absolute Gasteiger partial charge is 0.382 e. The van der Waals surface area contributed by atoms with Crippen LogP contribution in [0.1, 0.15) is 36.5 Å². The molecule has 1 aromatic carbocycles. The molecule has 20 heteroatoms. The van der Waals surface area contributed by atoms with Crippen LogP contribution in [0.4, 0.5) is 0 Å². The van der Waals surface area contributed by atoms with Gasteiger partial charge in [-0.1, -0.05) is 30.1 Å². The highest BCUT2D eigenvalue weighted by Crippen LogP contribution is 2.44. The molecule has 2 aliphatic rings. The first-order chi connectivity index (χ1) is 22.0. The minimum atomic E-state index is -4.91. The van der Waals surface area contributed by atoms with Gasteiger partial charge in [-0.05, 0) is 45.0 Å². The number of hydrogen-bond acceptors (Lipinski definition) is 13. The Labute approximate surface area is 284 Å². The summed E-state index contributed by atoms with van der Waals surface area (Å²) in [4.78, 5) is 44.7. The number of benzene rings is 1. The number of carbonyl (C=O) groups excluding carboxylic acids is 3. The predicted molar refractivity (Wildman–Crippen MR) is 172 cm³/mol. The third kappa shape index (κ3) is 11.0. The number of ether oxygens (including phenoxy) is 2. The molecule has 1 aromatic rings. The van der Waals surface area contributed by atoms with E-state index in [0.717, 1.165) is 45.6 Å². The molecule has 16 nitrogen and oxygen atoms in total. The molecule has 264 valence electrons. The summed E-state index contributed by atoms with van der Waals surface area (Å²) in [5, 5.41) is 9.35. The number of piperazine rings is 1. The van der Waals surface area contributed by atoms with E-state index >= 15 is 0 Å². The zero-order chi connectivity index (χ0) is 35.1. The molecule has 0 atom stereocenters. The Morgan fingerprint density at radius 1 is 0.936 bits per heavy atom. The second-order valence-corrected chi connectivity index (χ2v) is 13.9. The van der Waals surface area contributed by atoms with Crippen molar-refractivity contribution in [2.75, 3.05) is 66.1 Å². The van der Waals surface area contributed by atoms with Crippen molar-refractivity contribution in [2.45, 2.75) is 39.2 Å². The topological polar surface area (TPSA) is 218 Å². The molecular formula is C27H39Cl2N5O11S2. The summed E-state index contributed by atoms with van der Waals surface area (Å²) in [7, 11) is -8.57. The van der Waals surface area contributed by atoms with Gasteiger partial charge in [0.25, 0.3) is 0 Å². The Morgan fingerprint density at radius 3 is 2.06 bits per heavy atom. The summed E-state index contributed by atoms with van der Waals surface area (Å²) in [6, 6.07) is 0.523. The Balaban J connectivity index is 1.74. The fourth-order valence-electron chi connectivity index (χ4n) is 5.55. The number of nitrogens with two attached hydrogens (primary N) is 2. The van der Waals surface area contributed by atoms with Crippen LogP contribution >= 0.6 is 23.2 Å². The molecule has 0 unspecified atom stereocenters. The predicted octanol–water partition coefficient (Wildman–Crippen LogP) is 0.375. The van der Waals surface area contributed by atoms with Gasteiger partial charge in [0, 0.05) is 50.3 Å². The van der Waals surface area contributed by atoms with Crippen molar-refractivity contribution in [3.63, 3.8) is 0 Å². The fraction of sp³-hybridized carbons (Fsp3) is 0.593. The average molecular weight is 745 g/mol. The SMILES string of the molecule is CCN1CCC(N2CCN(C(=O)COCCc3c(Cl)c(C)c(Cl)c(/C(=C\C(=O)OS(N)(=O)=O)C(=O)OS(N)(=O)=O)c3OC)CC2)CC1. The first-order valence-electron chi connectivity index (χ1n) is 14.6. The lowest BCUT2D eigenvalue weighted by Gasteiger charge is -2.42. The molecule has 4 N–H and O–H groups in total. The van der Waals surface area contributed by atoms with Gasteiger partial charge in [-0.25, -0.2) is 9.59 Å². The van der Waals surface area contributed by atoms with E-state index in [-0.39, 0.29) is 58.0 Å². The maximum absolute atomic E-state index is 12.9. The zero-order valence-electron chi connectivity index (χ0n) is 26.2. The van der Waals surface area contributed by atoms with E-state index in [2.05, 4.69) is 25.1 Å². The first-order valence-corrected chi connectivity index (χ1v) is 18.3. The number of likely N-dealkylation sites (tertiary alicyclic amines) is 1.